The molecule has 0 saturated carbocycles. The molecule has 122 valence electrons. The molecule has 2 rings (SSSR count). The number of anilines is 1. The molecule has 2 aromatic rings. The normalized spacial score (nSPS) is 9.91. The van der Waals surface area contributed by atoms with E-state index in [0.29, 0.717) is 22.9 Å². The second-order valence-corrected chi connectivity index (χ2v) is 4.74. The van der Waals surface area contributed by atoms with E-state index in [1.165, 1.54) is 21.3 Å². The molecular formula is C17H19NO5. The average Bonchev–Trinajstić information content (AvgIpc) is 2.55. The number of ether oxygens (including phenoxy) is 4. The summed E-state index contributed by atoms with van der Waals surface area (Å²) >= 11 is 0. The first-order chi connectivity index (χ1) is 11.1. The smallest absolute Gasteiger partial charge is 0.417 e. The van der Waals surface area contributed by atoms with Crippen LogP contribution in [-0.4, -0.2) is 27.4 Å². The number of hydrogen-bond donors (Lipinski definition) is 1. The summed E-state index contributed by atoms with van der Waals surface area (Å²) in [6.07, 6.45) is -0.608. The minimum absolute atomic E-state index is 0.282. The second-order valence-electron chi connectivity index (χ2n) is 4.74. The van der Waals surface area contributed by atoms with Crippen LogP contribution >= 0.6 is 0 Å². The van der Waals surface area contributed by atoms with Gasteiger partial charge in [-0.1, -0.05) is 17.7 Å². The third-order valence-corrected chi connectivity index (χ3v) is 3.15. The zero-order valence-electron chi connectivity index (χ0n) is 13.5. The Hall–Kier alpha value is -2.89. The number of rotatable bonds is 5. The Balaban J connectivity index is 2.15. The Morgan fingerprint density at radius 1 is 0.913 bits per heavy atom. The summed E-state index contributed by atoms with van der Waals surface area (Å²) in [5, 5.41) is 2.65. The van der Waals surface area contributed by atoms with Gasteiger partial charge in [-0.05, 0) is 19.1 Å². The first kappa shape index (κ1) is 16.5. The molecule has 0 aliphatic carbocycles. The Labute approximate surface area is 134 Å². The van der Waals surface area contributed by atoms with E-state index in [1.54, 1.807) is 24.3 Å². The minimum Gasteiger partial charge on any atom is -0.493 e. The maximum absolute atomic E-state index is 12.0. The molecular weight excluding hydrogens is 298 g/mol. The van der Waals surface area contributed by atoms with Crippen LogP contribution in [0.2, 0.25) is 0 Å². The van der Waals surface area contributed by atoms with E-state index in [0.717, 1.165) is 5.56 Å². The number of methoxy groups -OCH3 is 3. The van der Waals surface area contributed by atoms with Gasteiger partial charge in [-0.15, -0.1) is 0 Å². The SMILES string of the molecule is COc1cc(OC(=O)Nc2ccc(C)cc2)cc(OC)c1OC. The van der Waals surface area contributed by atoms with Gasteiger partial charge < -0.3 is 18.9 Å². The van der Waals surface area contributed by atoms with Gasteiger partial charge in [0.2, 0.25) is 5.75 Å². The van der Waals surface area contributed by atoms with Crippen LogP contribution in [0.3, 0.4) is 0 Å². The lowest BCUT2D eigenvalue weighted by Crippen LogP contribution is -2.16. The molecule has 0 aliphatic heterocycles. The Bertz CT molecular complexity index is 657. The van der Waals surface area contributed by atoms with Gasteiger partial charge in [0.05, 0.1) is 21.3 Å². The molecule has 0 unspecified atom stereocenters. The highest BCUT2D eigenvalue weighted by molar-refractivity contribution is 5.86. The van der Waals surface area contributed by atoms with Crippen molar-refractivity contribution in [3.63, 3.8) is 0 Å². The van der Waals surface area contributed by atoms with Crippen LogP contribution in [0.25, 0.3) is 0 Å². The largest absolute Gasteiger partial charge is 0.493 e. The van der Waals surface area contributed by atoms with Gasteiger partial charge in [0.25, 0.3) is 0 Å². The van der Waals surface area contributed by atoms with E-state index < -0.39 is 6.09 Å². The molecule has 23 heavy (non-hydrogen) atoms. The van der Waals surface area contributed by atoms with Gasteiger partial charge in [0.15, 0.2) is 11.5 Å². The van der Waals surface area contributed by atoms with Crippen molar-refractivity contribution < 1.29 is 23.7 Å². The first-order valence-corrected chi connectivity index (χ1v) is 6.93. The lowest BCUT2D eigenvalue weighted by Gasteiger charge is -2.14. The van der Waals surface area contributed by atoms with E-state index in [4.69, 9.17) is 18.9 Å². The van der Waals surface area contributed by atoms with Crippen LogP contribution < -0.4 is 24.3 Å². The molecule has 0 spiro atoms. The minimum atomic E-state index is -0.608. The number of carbonyl (C=O) groups excluding carboxylic acids is 1. The molecule has 0 atom stereocenters. The summed E-state index contributed by atoms with van der Waals surface area (Å²) in [5.41, 5.74) is 1.75. The fraction of sp³-hybridized carbons (Fsp3) is 0.235. The van der Waals surface area contributed by atoms with Crippen LogP contribution in [0.1, 0.15) is 5.56 Å². The number of amides is 1. The summed E-state index contributed by atoms with van der Waals surface area (Å²) in [5.74, 6) is 1.53. The molecule has 2 aromatic carbocycles. The van der Waals surface area contributed by atoms with Gasteiger partial charge in [0.1, 0.15) is 5.75 Å². The van der Waals surface area contributed by atoms with Crippen LogP contribution in [0.5, 0.6) is 23.0 Å². The fourth-order valence-electron chi connectivity index (χ4n) is 2.00. The quantitative estimate of drug-likeness (QED) is 0.912. The zero-order chi connectivity index (χ0) is 16.8. The zero-order valence-corrected chi connectivity index (χ0v) is 13.5. The molecule has 0 radical (unpaired) electrons. The number of hydrogen-bond acceptors (Lipinski definition) is 5. The molecule has 1 amide bonds. The van der Waals surface area contributed by atoms with E-state index in [9.17, 15) is 4.79 Å². The molecule has 0 aromatic heterocycles. The van der Waals surface area contributed by atoms with Crippen LogP contribution in [0, 0.1) is 6.92 Å². The maximum Gasteiger partial charge on any atom is 0.417 e. The van der Waals surface area contributed by atoms with Gasteiger partial charge in [-0.3, -0.25) is 5.32 Å². The molecule has 1 N–H and O–H groups in total. The monoisotopic (exact) mass is 317 g/mol. The lowest BCUT2D eigenvalue weighted by atomic mass is 10.2. The molecule has 0 bridgehead atoms. The Morgan fingerprint density at radius 3 is 1.96 bits per heavy atom. The third-order valence-electron chi connectivity index (χ3n) is 3.15. The van der Waals surface area contributed by atoms with Crippen LogP contribution in [-0.2, 0) is 0 Å². The fourth-order valence-corrected chi connectivity index (χ4v) is 2.00. The molecule has 6 nitrogen and oxygen atoms in total. The summed E-state index contributed by atoms with van der Waals surface area (Å²) in [6.45, 7) is 1.97. The van der Waals surface area contributed by atoms with Gasteiger partial charge >= 0.3 is 6.09 Å². The topological polar surface area (TPSA) is 66.0 Å². The highest BCUT2D eigenvalue weighted by Gasteiger charge is 2.15. The maximum atomic E-state index is 12.0. The van der Waals surface area contributed by atoms with Crippen molar-refractivity contribution in [1.82, 2.24) is 0 Å². The van der Waals surface area contributed by atoms with Crippen LogP contribution in [0.15, 0.2) is 36.4 Å². The Kier molecular flexibility index (Phi) is 5.30. The van der Waals surface area contributed by atoms with Crippen molar-refractivity contribution >= 4 is 11.8 Å². The summed E-state index contributed by atoms with van der Waals surface area (Å²) in [7, 11) is 4.49. The van der Waals surface area contributed by atoms with Crippen molar-refractivity contribution in [3.8, 4) is 23.0 Å². The van der Waals surface area contributed by atoms with Crippen molar-refractivity contribution in [2.24, 2.45) is 0 Å². The van der Waals surface area contributed by atoms with Crippen molar-refractivity contribution in [1.29, 1.82) is 0 Å². The van der Waals surface area contributed by atoms with E-state index in [1.807, 2.05) is 19.1 Å². The molecule has 0 saturated heterocycles. The second kappa shape index (κ2) is 7.40. The molecule has 0 aliphatic rings. The Morgan fingerprint density at radius 2 is 1.48 bits per heavy atom. The number of benzene rings is 2. The van der Waals surface area contributed by atoms with Gasteiger partial charge in [-0.25, -0.2) is 4.79 Å². The summed E-state index contributed by atoms with van der Waals surface area (Å²) in [6, 6.07) is 10.5. The molecule has 0 fully saturated rings. The average molecular weight is 317 g/mol. The van der Waals surface area contributed by atoms with E-state index >= 15 is 0 Å². The van der Waals surface area contributed by atoms with Gasteiger partial charge in [-0.2, -0.15) is 0 Å². The standard InChI is InChI=1S/C17H19NO5/c1-11-5-7-12(8-6-11)18-17(19)23-13-9-14(20-2)16(22-4)15(10-13)21-3/h5-10H,1-4H3,(H,18,19). The highest BCUT2D eigenvalue weighted by Crippen LogP contribution is 2.40. The van der Waals surface area contributed by atoms with Crippen molar-refractivity contribution in [2.75, 3.05) is 26.6 Å². The van der Waals surface area contributed by atoms with Crippen molar-refractivity contribution in [3.05, 3.63) is 42.0 Å². The molecule has 0 heterocycles. The molecule has 6 heteroatoms. The summed E-state index contributed by atoms with van der Waals surface area (Å²) in [4.78, 5) is 12.0. The van der Waals surface area contributed by atoms with E-state index in [2.05, 4.69) is 5.32 Å². The highest BCUT2D eigenvalue weighted by atomic mass is 16.6. The number of aryl methyl sites for hydroxylation is 1. The van der Waals surface area contributed by atoms with Crippen molar-refractivity contribution in [2.45, 2.75) is 6.92 Å². The first-order valence-electron chi connectivity index (χ1n) is 6.93. The lowest BCUT2D eigenvalue weighted by molar-refractivity contribution is 0.214. The number of nitrogens with one attached hydrogen (secondary N) is 1. The predicted octanol–water partition coefficient (Wildman–Crippen LogP) is 3.63. The predicted molar refractivity (Wildman–Crippen MR) is 86.9 cm³/mol. The van der Waals surface area contributed by atoms with Crippen LogP contribution in [0.4, 0.5) is 10.5 Å². The van der Waals surface area contributed by atoms with Gasteiger partial charge in [0, 0.05) is 17.8 Å². The third kappa shape index (κ3) is 4.06. The van der Waals surface area contributed by atoms with E-state index in [-0.39, 0.29) is 5.75 Å². The summed E-state index contributed by atoms with van der Waals surface area (Å²) < 4.78 is 20.9. The number of carbonyl (C=O) groups is 1.